The second-order valence-corrected chi connectivity index (χ2v) is 7.77. The van der Waals surface area contributed by atoms with E-state index in [-0.39, 0.29) is 23.0 Å². The molecule has 0 aliphatic carbocycles. The molecule has 1 saturated heterocycles. The lowest BCUT2D eigenvalue weighted by Gasteiger charge is -2.24. The molecule has 0 bridgehead atoms. The van der Waals surface area contributed by atoms with Crippen LogP contribution in [0.1, 0.15) is 40.3 Å². The van der Waals surface area contributed by atoms with Crippen LogP contribution >= 0.6 is 0 Å². The van der Waals surface area contributed by atoms with Gasteiger partial charge in [-0.25, -0.2) is 4.39 Å². The molecule has 3 rings (SSSR count). The van der Waals surface area contributed by atoms with Gasteiger partial charge in [0.2, 0.25) is 0 Å². The van der Waals surface area contributed by atoms with Gasteiger partial charge in [0.15, 0.2) is 5.79 Å². The van der Waals surface area contributed by atoms with Crippen LogP contribution in [-0.2, 0) is 21.4 Å². The van der Waals surface area contributed by atoms with Crippen LogP contribution in [0.3, 0.4) is 0 Å². The Hall–Kier alpha value is -1.59. The number of nitrogens with two attached hydrogens (primary N) is 1. The van der Waals surface area contributed by atoms with E-state index in [0.29, 0.717) is 13.2 Å². The number of aromatic nitrogens is 1. The molecule has 2 aromatic rings. The average Bonchev–Trinajstić information content (AvgIpc) is 2.92. The maximum absolute atomic E-state index is 14.0. The second-order valence-electron chi connectivity index (χ2n) is 7.77. The Morgan fingerprint density at radius 3 is 2.57 bits per heavy atom. The van der Waals surface area contributed by atoms with Crippen LogP contribution in [0, 0.1) is 5.82 Å². The number of halogens is 1. The van der Waals surface area contributed by atoms with Crippen molar-refractivity contribution in [2.75, 3.05) is 12.3 Å². The summed E-state index contributed by atoms with van der Waals surface area (Å²) in [6, 6.07) is 5.30. The molecular formula is C18H25FN2O2. The molecule has 1 unspecified atom stereocenters. The van der Waals surface area contributed by atoms with Crippen molar-refractivity contribution in [3.05, 3.63) is 29.7 Å². The first kappa shape index (κ1) is 16.3. The van der Waals surface area contributed by atoms with Crippen molar-refractivity contribution < 1.29 is 13.9 Å². The molecule has 0 radical (unpaired) electrons. The molecular weight excluding hydrogens is 295 g/mol. The van der Waals surface area contributed by atoms with Gasteiger partial charge in [-0.3, -0.25) is 0 Å². The quantitative estimate of drug-likeness (QED) is 0.856. The highest BCUT2D eigenvalue weighted by molar-refractivity contribution is 5.85. The smallest absolute Gasteiger partial charge is 0.163 e. The summed E-state index contributed by atoms with van der Waals surface area (Å²) in [6.07, 6.45) is -0.0534. The van der Waals surface area contributed by atoms with E-state index in [1.165, 1.54) is 6.07 Å². The lowest BCUT2D eigenvalue weighted by atomic mass is 9.92. The summed E-state index contributed by atoms with van der Waals surface area (Å²) in [7, 11) is 0. The molecule has 2 N–H and O–H groups in total. The van der Waals surface area contributed by atoms with Crippen LogP contribution in [0.15, 0.2) is 18.2 Å². The Morgan fingerprint density at radius 1 is 1.30 bits per heavy atom. The van der Waals surface area contributed by atoms with Gasteiger partial charge in [0.05, 0.1) is 24.4 Å². The van der Waals surface area contributed by atoms with E-state index in [1.807, 2.05) is 13.8 Å². The van der Waals surface area contributed by atoms with E-state index in [4.69, 9.17) is 15.2 Å². The highest BCUT2D eigenvalue weighted by Gasteiger charge is 2.34. The number of hydrogen-bond acceptors (Lipinski definition) is 3. The standard InChI is InChI=1S/C18H25FN2O2/c1-17(2,3)16-7-11-6-14(20)13(19)8-15(11)21(16)9-12-10-22-18(4,5)23-12/h6-8,12H,9-10,20H2,1-5H3. The third-order valence-corrected chi connectivity index (χ3v) is 4.24. The van der Waals surface area contributed by atoms with E-state index in [9.17, 15) is 4.39 Å². The number of nitrogen functional groups attached to an aromatic ring is 1. The Balaban J connectivity index is 2.07. The van der Waals surface area contributed by atoms with Gasteiger partial charge in [0.1, 0.15) is 11.9 Å². The molecule has 126 valence electrons. The largest absolute Gasteiger partial charge is 0.396 e. The van der Waals surface area contributed by atoms with Gasteiger partial charge in [-0.15, -0.1) is 0 Å². The molecule has 0 spiro atoms. The SMILES string of the molecule is CC1(C)OCC(Cn2c(C(C)(C)C)cc3cc(N)c(F)cc32)O1. The number of anilines is 1. The van der Waals surface area contributed by atoms with Crippen molar-refractivity contribution in [2.45, 2.75) is 58.5 Å². The van der Waals surface area contributed by atoms with Gasteiger partial charge in [-0.05, 0) is 26.0 Å². The van der Waals surface area contributed by atoms with E-state index in [1.54, 1.807) is 6.07 Å². The van der Waals surface area contributed by atoms with Gasteiger partial charge >= 0.3 is 0 Å². The van der Waals surface area contributed by atoms with Gasteiger partial charge in [-0.2, -0.15) is 0 Å². The molecule has 5 heteroatoms. The molecule has 1 fully saturated rings. The predicted octanol–water partition coefficient (Wildman–Crippen LogP) is 3.81. The van der Waals surface area contributed by atoms with Gasteiger partial charge in [0, 0.05) is 22.6 Å². The molecule has 1 aliphatic heterocycles. The zero-order valence-corrected chi connectivity index (χ0v) is 14.4. The number of nitrogens with zero attached hydrogens (tertiary/aromatic N) is 1. The number of benzene rings is 1. The minimum Gasteiger partial charge on any atom is -0.396 e. The molecule has 0 saturated carbocycles. The highest BCUT2D eigenvalue weighted by atomic mass is 19.1. The summed E-state index contributed by atoms with van der Waals surface area (Å²) < 4.78 is 27.7. The summed E-state index contributed by atoms with van der Waals surface area (Å²) in [6.45, 7) is 11.4. The maximum atomic E-state index is 14.0. The van der Waals surface area contributed by atoms with Gasteiger partial charge in [0.25, 0.3) is 0 Å². The lowest BCUT2D eigenvalue weighted by Crippen LogP contribution is -2.26. The lowest BCUT2D eigenvalue weighted by molar-refractivity contribution is -0.139. The summed E-state index contributed by atoms with van der Waals surface area (Å²) in [5.74, 6) is -0.952. The van der Waals surface area contributed by atoms with E-state index < -0.39 is 5.79 Å². The fraction of sp³-hybridized carbons (Fsp3) is 0.556. The summed E-state index contributed by atoms with van der Waals surface area (Å²) >= 11 is 0. The first-order chi connectivity index (χ1) is 10.6. The van der Waals surface area contributed by atoms with Gasteiger partial charge < -0.3 is 19.8 Å². The van der Waals surface area contributed by atoms with Crippen molar-refractivity contribution >= 4 is 16.6 Å². The van der Waals surface area contributed by atoms with Crippen LogP contribution in [-0.4, -0.2) is 23.1 Å². The Labute approximate surface area is 136 Å². The first-order valence-electron chi connectivity index (χ1n) is 7.97. The third kappa shape index (κ3) is 3.08. The Morgan fingerprint density at radius 2 is 2.00 bits per heavy atom. The van der Waals surface area contributed by atoms with Crippen LogP contribution in [0.5, 0.6) is 0 Å². The molecule has 1 aliphatic rings. The van der Waals surface area contributed by atoms with Crippen molar-refractivity contribution in [2.24, 2.45) is 0 Å². The maximum Gasteiger partial charge on any atom is 0.163 e. The fourth-order valence-electron chi connectivity index (χ4n) is 3.18. The second kappa shape index (κ2) is 5.21. The van der Waals surface area contributed by atoms with Crippen LogP contribution in [0.25, 0.3) is 10.9 Å². The number of ether oxygens (including phenoxy) is 2. The summed E-state index contributed by atoms with van der Waals surface area (Å²) in [4.78, 5) is 0. The van der Waals surface area contributed by atoms with Crippen molar-refractivity contribution in [3.8, 4) is 0 Å². The molecule has 4 nitrogen and oxygen atoms in total. The molecule has 1 atom stereocenters. The summed E-state index contributed by atoms with van der Waals surface area (Å²) in [5.41, 5.74) is 7.80. The molecule has 1 aromatic heterocycles. The van der Waals surface area contributed by atoms with Crippen LogP contribution in [0.4, 0.5) is 10.1 Å². The number of hydrogen-bond donors (Lipinski definition) is 1. The first-order valence-corrected chi connectivity index (χ1v) is 7.97. The van der Waals surface area contributed by atoms with Crippen LogP contribution < -0.4 is 5.73 Å². The minimum atomic E-state index is -0.564. The molecule has 23 heavy (non-hydrogen) atoms. The van der Waals surface area contributed by atoms with E-state index >= 15 is 0 Å². The zero-order chi connectivity index (χ0) is 17.0. The monoisotopic (exact) mass is 320 g/mol. The van der Waals surface area contributed by atoms with Gasteiger partial charge in [-0.1, -0.05) is 20.8 Å². The predicted molar refractivity (Wildman–Crippen MR) is 89.9 cm³/mol. The fourth-order valence-corrected chi connectivity index (χ4v) is 3.18. The third-order valence-electron chi connectivity index (χ3n) is 4.24. The normalized spacial score (nSPS) is 21.2. The summed E-state index contributed by atoms with van der Waals surface area (Å²) in [5, 5.41) is 0.951. The van der Waals surface area contributed by atoms with Crippen molar-refractivity contribution in [1.82, 2.24) is 4.57 Å². The van der Waals surface area contributed by atoms with E-state index in [2.05, 4.69) is 31.4 Å². The van der Waals surface area contributed by atoms with Crippen LogP contribution in [0.2, 0.25) is 0 Å². The van der Waals surface area contributed by atoms with Crippen molar-refractivity contribution in [3.63, 3.8) is 0 Å². The Kier molecular flexibility index (Phi) is 3.69. The van der Waals surface area contributed by atoms with Crippen molar-refractivity contribution in [1.29, 1.82) is 0 Å². The number of rotatable bonds is 2. The minimum absolute atomic E-state index is 0.0534. The highest BCUT2D eigenvalue weighted by Crippen LogP contribution is 2.33. The molecule has 2 heterocycles. The number of fused-ring (bicyclic) bond motifs is 1. The molecule has 0 amide bonds. The van der Waals surface area contributed by atoms with E-state index in [0.717, 1.165) is 16.6 Å². The molecule has 1 aromatic carbocycles. The average molecular weight is 320 g/mol. The topological polar surface area (TPSA) is 49.4 Å². The zero-order valence-electron chi connectivity index (χ0n) is 14.4. The Bertz CT molecular complexity index is 744.